The van der Waals surface area contributed by atoms with E-state index in [1.807, 2.05) is 24.3 Å². The topological polar surface area (TPSA) is 46.2 Å². The third-order valence-corrected chi connectivity index (χ3v) is 3.56. The van der Waals surface area contributed by atoms with Gasteiger partial charge in [-0.15, -0.1) is 0 Å². The SMILES string of the molecule is NCC1c2cc(O)ccc2-c2ccc(Cl)cc21. The van der Waals surface area contributed by atoms with E-state index < -0.39 is 0 Å². The lowest BCUT2D eigenvalue weighted by Crippen LogP contribution is -2.11. The Labute approximate surface area is 105 Å². The number of hydrogen-bond donors (Lipinski definition) is 2. The van der Waals surface area contributed by atoms with E-state index in [-0.39, 0.29) is 11.7 Å². The second-order valence-corrected chi connectivity index (χ2v) is 4.73. The first-order valence-electron chi connectivity index (χ1n) is 5.53. The largest absolute Gasteiger partial charge is 0.508 e. The van der Waals surface area contributed by atoms with Crippen molar-refractivity contribution in [2.75, 3.05) is 6.54 Å². The molecule has 0 bridgehead atoms. The fourth-order valence-electron chi connectivity index (χ4n) is 2.57. The molecule has 3 rings (SSSR count). The van der Waals surface area contributed by atoms with E-state index in [1.165, 1.54) is 5.56 Å². The van der Waals surface area contributed by atoms with E-state index in [2.05, 4.69) is 0 Å². The van der Waals surface area contributed by atoms with Crippen LogP contribution in [0.25, 0.3) is 11.1 Å². The van der Waals surface area contributed by atoms with Crippen LogP contribution in [0, 0.1) is 0 Å². The van der Waals surface area contributed by atoms with Gasteiger partial charge >= 0.3 is 0 Å². The van der Waals surface area contributed by atoms with Crippen molar-refractivity contribution in [3.05, 3.63) is 52.5 Å². The number of benzene rings is 2. The van der Waals surface area contributed by atoms with Crippen LogP contribution in [0.3, 0.4) is 0 Å². The normalized spacial score (nSPS) is 16.7. The third-order valence-electron chi connectivity index (χ3n) is 3.33. The lowest BCUT2D eigenvalue weighted by atomic mass is 9.97. The molecule has 17 heavy (non-hydrogen) atoms. The third kappa shape index (κ3) is 1.53. The maximum absolute atomic E-state index is 9.58. The summed E-state index contributed by atoms with van der Waals surface area (Å²) in [5.41, 5.74) is 10.4. The van der Waals surface area contributed by atoms with Crippen molar-refractivity contribution in [2.24, 2.45) is 5.73 Å². The molecule has 3 heteroatoms. The summed E-state index contributed by atoms with van der Waals surface area (Å²) >= 11 is 6.03. The molecule has 0 aromatic heterocycles. The minimum atomic E-state index is 0.130. The molecule has 0 aliphatic heterocycles. The number of fused-ring (bicyclic) bond motifs is 3. The molecule has 2 aromatic carbocycles. The monoisotopic (exact) mass is 245 g/mol. The van der Waals surface area contributed by atoms with Gasteiger partial charge in [-0.3, -0.25) is 0 Å². The van der Waals surface area contributed by atoms with Crippen LogP contribution in [-0.4, -0.2) is 11.7 Å². The van der Waals surface area contributed by atoms with Crippen LogP contribution in [0.4, 0.5) is 0 Å². The number of hydrogen-bond acceptors (Lipinski definition) is 2. The van der Waals surface area contributed by atoms with E-state index >= 15 is 0 Å². The molecular formula is C14H12ClNO. The van der Waals surface area contributed by atoms with Gasteiger partial charge in [-0.1, -0.05) is 23.7 Å². The zero-order valence-corrected chi connectivity index (χ0v) is 9.91. The molecule has 0 fully saturated rings. The predicted molar refractivity (Wildman–Crippen MR) is 69.5 cm³/mol. The highest BCUT2D eigenvalue weighted by Crippen LogP contribution is 2.46. The average Bonchev–Trinajstić information content (AvgIpc) is 2.60. The Hall–Kier alpha value is -1.51. The minimum Gasteiger partial charge on any atom is -0.508 e. The molecule has 0 heterocycles. The second kappa shape index (κ2) is 3.76. The summed E-state index contributed by atoms with van der Waals surface area (Å²) in [6.45, 7) is 0.518. The van der Waals surface area contributed by atoms with Crippen LogP contribution in [0.2, 0.25) is 5.02 Å². The van der Waals surface area contributed by atoms with Crippen molar-refractivity contribution in [3.63, 3.8) is 0 Å². The van der Waals surface area contributed by atoms with Crippen molar-refractivity contribution in [1.29, 1.82) is 0 Å². The van der Waals surface area contributed by atoms with E-state index in [4.69, 9.17) is 17.3 Å². The summed E-state index contributed by atoms with van der Waals surface area (Å²) in [4.78, 5) is 0. The first-order valence-corrected chi connectivity index (χ1v) is 5.91. The summed E-state index contributed by atoms with van der Waals surface area (Å²) in [6.07, 6.45) is 0. The first-order chi connectivity index (χ1) is 8.20. The molecule has 3 N–H and O–H groups in total. The van der Waals surface area contributed by atoms with Crippen LogP contribution in [-0.2, 0) is 0 Å². The van der Waals surface area contributed by atoms with Gasteiger partial charge in [0.15, 0.2) is 0 Å². The minimum absolute atomic E-state index is 0.130. The molecule has 1 atom stereocenters. The lowest BCUT2D eigenvalue weighted by Gasteiger charge is -2.10. The summed E-state index contributed by atoms with van der Waals surface area (Å²) in [6, 6.07) is 11.3. The number of phenolic OH excluding ortho intramolecular Hbond substituents is 1. The molecule has 0 radical (unpaired) electrons. The zero-order chi connectivity index (χ0) is 12.0. The molecule has 1 unspecified atom stereocenters. The van der Waals surface area contributed by atoms with Crippen molar-refractivity contribution in [1.82, 2.24) is 0 Å². The van der Waals surface area contributed by atoms with Crippen molar-refractivity contribution in [2.45, 2.75) is 5.92 Å². The highest BCUT2D eigenvalue weighted by molar-refractivity contribution is 6.30. The molecule has 1 aliphatic rings. The Morgan fingerprint density at radius 1 is 1.06 bits per heavy atom. The van der Waals surface area contributed by atoms with Crippen LogP contribution in [0.5, 0.6) is 5.75 Å². The van der Waals surface area contributed by atoms with Crippen LogP contribution < -0.4 is 5.73 Å². The molecule has 0 spiro atoms. The maximum Gasteiger partial charge on any atom is 0.115 e. The fraction of sp³-hybridized carbons (Fsp3) is 0.143. The number of rotatable bonds is 1. The summed E-state index contributed by atoms with van der Waals surface area (Å²) in [5, 5.41) is 10.3. The van der Waals surface area contributed by atoms with Gasteiger partial charge in [0.05, 0.1) is 0 Å². The number of phenols is 1. The Morgan fingerprint density at radius 2 is 1.71 bits per heavy atom. The van der Waals surface area contributed by atoms with Crippen molar-refractivity contribution >= 4 is 11.6 Å². The van der Waals surface area contributed by atoms with Gasteiger partial charge in [0, 0.05) is 17.5 Å². The fourth-order valence-corrected chi connectivity index (χ4v) is 2.75. The van der Waals surface area contributed by atoms with Crippen LogP contribution in [0.15, 0.2) is 36.4 Å². The Kier molecular flexibility index (Phi) is 2.35. The van der Waals surface area contributed by atoms with Gasteiger partial charge in [0.1, 0.15) is 5.75 Å². The number of aromatic hydroxyl groups is 1. The predicted octanol–water partition coefficient (Wildman–Crippen LogP) is 3.12. The Bertz CT molecular complexity index is 543. The lowest BCUT2D eigenvalue weighted by molar-refractivity contribution is 0.474. The van der Waals surface area contributed by atoms with Crippen molar-refractivity contribution in [3.8, 4) is 16.9 Å². The Balaban J connectivity index is 2.28. The molecule has 1 aliphatic carbocycles. The quantitative estimate of drug-likeness (QED) is 0.811. The van der Waals surface area contributed by atoms with Gasteiger partial charge in [-0.2, -0.15) is 0 Å². The number of halogens is 1. The molecule has 0 amide bonds. The van der Waals surface area contributed by atoms with E-state index in [9.17, 15) is 5.11 Å². The molecular weight excluding hydrogens is 234 g/mol. The Morgan fingerprint density at radius 3 is 2.41 bits per heavy atom. The van der Waals surface area contributed by atoms with Gasteiger partial charge in [-0.05, 0) is 46.5 Å². The zero-order valence-electron chi connectivity index (χ0n) is 9.15. The molecule has 2 nitrogen and oxygen atoms in total. The second-order valence-electron chi connectivity index (χ2n) is 4.29. The highest BCUT2D eigenvalue weighted by atomic mass is 35.5. The van der Waals surface area contributed by atoms with Gasteiger partial charge in [0.2, 0.25) is 0 Å². The van der Waals surface area contributed by atoms with Gasteiger partial charge < -0.3 is 10.8 Å². The standard InChI is InChI=1S/C14H12ClNO/c15-8-1-3-10-11-4-2-9(17)6-13(11)14(7-16)12(10)5-8/h1-6,14,17H,7,16H2. The van der Waals surface area contributed by atoms with Crippen LogP contribution in [0.1, 0.15) is 17.0 Å². The molecule has 86 valence electrons. The van der Waals surface area contributed by atoms with Gasteiger partial charge in [-0.25, -0.2) is 0 Å². The highest BCUT2D eigenvalue weighted by Gasteiger charge is 2.27. The average molecular weight is 246 g/mol. The molecule has 0 saturated carbocycles. The summed E-state index contributed by atoms with van der Waals surface area (Å²) in [5.74, 6) is 0.409. The van der Waals surface area contributed by atoms with E-state index in [0.717, 1.165) is 21.7 Å². The smallest absolute Gasteiger partial charge is 0.115 e. The summed E-state index contributed by atoms with van der Waals surface area (Å²) < 4.78 is 0. The molecule has 2 aromatic rings. The van der Waals surface area contributed by atoms with E-state index in [1.54, 1.807) is 12.1 Å². The molecule has 0 saturated heterocycles. The number of nitrogens with two attached hydrogens (primary N) is 1. The van der Waals surface area contributed by atoms with Gasteiger partial charge in [0.25, 0.3) is 0 Å². The van der Waals surface area contributed by atoms with E-state index in [0.29, 0.717) is 6.54 Å². The van der Waals surface area contributed by atoms with Crippen LogP contribution >= 0.6 is 11.6 Å². The maximum atomic E-state index is 9.58. The first kappa shape index (κ1) is 10.6. The summed E-state index contributed by atoms with van der Waals surface area (Å²) in [7, 11) is 0. The van der Waals surface area contributed by atoms with Crippen molar-refractivity contribution < 1.29 is 5.11 Å².